The van der Waals surface area contributed by atoms with Gasteiger partial charge in [-0.05, 0) is 37.6 Å². The molecule has 0 radical (unpaired) electrons. The monoisotopic (exact) mass is 330 g/mol. The lowest BCUT2D eigenvalue weighted by Gasteiger charge is -2.23. The van der Waals surface area contributed by atoms with Crippen LogP contribution in [0.1, 0.15) is 19.4 Å². The molecule has 0 saturated carbocycles. The summed E-state index contributed by atoms with van der Waals surface area (Å²) >= 11 is 0. The molecule has 0 unspecified atom stereocenters. The fraction of sp³-hybridized carbons (Fsp3) is 0.474. The van der Waals surface area contributed by atoms with Gasteiger partial charge in [-0.2, -0.15) is 5.26 Å². The Hall–Kier alpha value is -2.32. The van der Waals surface area contributed by atoms with Crippen LogP contribution < -0.4 is 4.90 Å². The maximum Gasteiger partial charge on any atom is 0.349 e. The highest BCUT2D eigenvalue weighted by atomic mass is 16.5. The number of nitriles is 1. The summed E-state index contributed by atoms with van der Waals surface area (Å²) in [5.41, 5.74) is 1.96. The minimum Gasteiger partial charge on any atom is -0.456 e. The summed E-state index contributed by atoms with van der Waals surface area (Å²) in [5, 5.41) is 9.20. The normalized spacial score (nSPS) is 11.8. The Morgan fingerprint density at radius 1 is 1.21 bits per heavy atom. The number of anilines is 1. The predicted octanol–water partition coefficient (Wildman–Crippen LogP) is 2.69. The van der Waals surface area contributed by atoms with Crippen molar-refractivity contribution in [3.63, 3.8) is 0 Å². The van der Waals surface area contributed by atoms with Gasteiger partial charge < -0.3 is 14.1 Å². The molecule has 0 atom stereocenters. The van der Waals surface area contributed by atoms with Crippen molar-refractivity contribution in [2.45, 2.75) is 13.8 Å². The maximum absolute atomic E-state index is 12.0. The standard InChI is InChI=1S/C19H28N3O2/c1-6-21(7-2)18-10-8-16(9-11-18)14-17(15-20)19(23)24-13-12-22(3,4)5/h8-11,14H,6-7,12-13H2,1-5H3/q+1. The van der Waals surface area contributed by atoms with Crippen molar-refractivity contribution in [3.05, 3.63) is 35.4 Å². The molecule has 5 nitrogen and oxygen atoms in total. The van der Waals surface area contributed by atoms with Gasteiger partial charge in [0, 0.05) is 18.8 Å². The molecule has 0 aliphatic carbocycles. The fourth-order valence-electron chi connectivity index (χ4n) is 2.16. The Morgan fingerprint density at radius 3 is 2.25 bits per heavy atom. The average molecular weight is 330 g/mol. The van der Waals surface area contributed by atoms with E-state index in [1.54, 1.807) is 6.08 Å². The number of rotatable bonds is 8. The second-order valence-electron chi connectivity index (χ2n) is 6.58. The van der Waals surface area contributed by atoms with Gasteiger partial charge in [-0.15, -0.1) is 0 Å². The molecule has 0 spiro atoms. The quantitative estimate of drug-likeness (QED) is 0.318. The van der Waals surface area contributed by atoms with E-state index in [0.717, 1.165) is 24.3 Å². The second-order valence-corrected chi connectivity index (χ2v) is 6.58. The molecular formula is C19H28N3O2+. The molecule has 1 rings (SSSR count). The molecule has 0 N–H and O–H groups in total. The Labute approximate surface area is 145 Å². The predicted molar refractivity (Wildman–Crippen MR) is 97.5 cm³/mol. The maximum atomic E-state index is 12.0. The van der Waals surface area contributed by atoms with Crippen molar-refractivity contribution in [1.82, 2.24) is 0 Å². The molecule has 0 aliphatic heterocycles. The van der Waals surface area contributed by atoms with Gasteiger partial charge in [0.25, 0.3) is 0 Å². The molecule has 5 heteroatoms. The number of nitrogens with zero attached hydrogens (tertiary/aromatic N) is 3. The number of quaternary nitrogens is 1. The summed E-state index contributed by atoms with van der Waals surface area (Å²) in [6.45, 7) is 7.08. The Morgan fingerprint density at radius 2 is 1.79 bits per heavy atom. The number of likely N-dealkylation sites (N-methyl/N-ethyl adjacent to an activating group) is 1. The molecule has 0 aliphatic rings. The fourth-order valence-corrected chi connectivity index (χ4v) is 2.16. The first-order valence-electron chi connectivity index (χ1n) is 8.25. The first kappa shape index (κ1) is 19.7. The molecule has 0 saturated heterocycles. The van der Waals surface area contributed by atoms with Gasteiger partial charge in [0.05, 0.1) is 21.1 Å². The van der Waals surface area contributed by atoms with Gasteiger partial charge in [0.15, 0.2) is 0 Å². The van der Waals surface area contributed by atoms with Gasteiger partial charge in [-0.25, -0.2) is 4.79 Å². The summed E-state index contributed by atoms with van der Waals surface area (Å²) < 4.78 is 5.89. The van der Waals surface area contributed by atoms with Gasteiger partial charge in [-0.3, -0.25) is 0 Å². The number of benzene rings is 1. The molecule has 130 valence electrons. The average Bonchev–Trinajstić information content (AvgIpc) is 2.53. The van der Waals surface area contributed by atoms with E-state index >= 15 is 0 Å². The van der Waals surface area contributed by atoms with Gasteiger partial charge in [-0.1, -0.05) is 12.1 Å². The molecular weight excluding hydrogens is 302 g/mol. The van der Waals surface area contributed by atoms with E-state index in [1.807, 2.05) is 51.5 Å². The first-order chi connectivity index (χ1) is 11.3. The minimum atomic E-state index is -0.571. The number of ether oxygens (including phenoxy) is 1. The molecule has 24 heavy (non-hydrogen) atoms. The Balaban J connectivity index is 2.77. The van der Waals surface area contributed by atoms with E-state index in [0.29, 0.717) is 17.6 Å². The zero-order chi connectivity index (χ0) is 18.2. The Kier molecular flexibility index (Phi) is 7.47. The van der Waals surface area contributed by atoms with Crippen LogP contribution in [-0.4, -0.2) is 57.8 Å². The van der Waals surface area contributed by atoms with Crippen LogP contribution >= 0.6 is 0 Å². The zero-order valence-electron chi connectivity index (χ0n) is 15.4. The zero-order valence-corrected chi connectivity index (χ0v) is 15.4. The van der Waals surface area contributed by atoms with E-state index in [-0.39, 0.29) is 5.57 Å². The van der Waals surface area contributed by atoms with Crippen LogP contribution in [0.4, 0.5) is 5.69 Å². The van der Waals surface area contributed by atoms with Crippen LogP contribution in [0.5, 0.6) is 0 Å². The number of esters is 1. The molecule has 1 aromatic rings. The number of hydrogen-bond acceptors (Lipinski definition) is 4. The lowest BCUT2D eigenvalue weighted by molar-refractivity contribution is -0.870. The third-order valence-electron chi connectivity index (χ3n) is 3.67. The van der Waals surface area contributed by atoms with Crippen LogP contribution in [-0.2, 0) is 9.53 Å². The summed E-state index contributed by atoms with van der Waals surface area (Å²) in [6.07, 6.45) is 1.57. The van der Waals surface area contributed by atoms with Crippen LogP contribution in [0.15, 0.2) is 29.8 Å². The highest BCUT2D eigenvalue weighted by molar-refractivity contribution is 5.97. The van der Waals surface area contributed by atoms with Crippen molar-refractivity contribution in [2.75, 3.05) is 52.3 Å². The van der Waals surface area contributed by atoms with Crippen LogP contribution in [0.25, 0.3) is 6.08 Å². The van der Waals surface area contributed by atoms with E-state index in [2.05, 4.69) is 18.7 Å². The van der Waals surface area contributed by atoms with E-state index in [9.17, 15) is 10.1 Å². The third kappa shape index (κ3) is 6.43. The lowest BCUT2D eigenvalue weighted by Crippen LogP contribution is -2.38. The van der Waals surface area contributed by atoms with Crippen molar-refractivity contribution in [2.24, 2.45) is 0 Å². The van der Waals surface area contributed by atoms with Crippen LogP contribution in [0, 0.1) is 11.3 Å². The first-order valence-corrected chi connectivity index (χ1v) is 8.25. The summed E-state index contributed by atoms with van der Waals surface area (Å²) in [4.78, 5) is 14.2. The van der Waals surface area contributed by atoms with Crippen LogP contribution in [0.3, 0.4) is 0 Å². The Bertz CT molecular complexity index is 603. The molecule has 0 fully saturated rings. The molecule has 0 aromatic heterocycles. The highest BCUT2D eigenvalue weighted by Crippen LogP contribution is 2.17. The molecule has 0 heterocycles. The van der Waals surface area contributed by atoms with Gasteiger partial charge in [0.1, 0.15) is 24.8 Å². The SMILES string of the molecule is CCN(CC)c1ccc(C=C(C#N)C(=O)OCC[N+](C)(C)C)cc1. The largest absolute Gasteiger partial charge is 0.456 e. The van der Waals surface area contributed by atoms with E-state index in [1.165, 1.54) is 0 Å². The molecule has 0 amide bonds. The van der Waals surface area contributed by atoms with Crippen molar-refractivity contribution >= 4 is 17.7 Å². The van der Waals surface area contributed by atoms with Crippen molar-refractivity contribution in [1.29, 1.82) is 5.26 Å². The van der Waals surface area contributed by atoms with E-state index < -0.39 is 5.97 Å². The van der Waals surface area contributed by atoms with Crippen molar-refractivity contribution < 1.29 is 14.0 Å². The molecule has 0 bridgehead atoms. The summed E-state index contributed by atoms with van der Waals surface area (Å²) in [5.74, 6) is -0.571. The number of carbonyl (C=O) groups excluding carboxylic acids is 1. The molecule has 1 aromatic carbocycles. The van der Waals surface area contributed by atoms with E-state index in [4.69, 9.17) is 4.74 Å². The van der Waals surface area contributed by atoms with Crippen molar-refractivity contribution in [3.8, 4) is 6.07 Å². The minimum absolute atomic E-state index is 0.0204. The van der Waals surface area contributed by atoms with Gasteiger partial charge in [0.2, 0.25) is 0 Å². The van der Waals surface area contributed by atoms with Crippen LogP contribution in [0.2, 0.25) is 0 Å². The summed E-state index contributed by atoms with van der Waals surface area (Å²) in [7, 11) is 6.06. The highest BCUT2D eigenvalue weighted by Gasteiger charge is 2.13. The number of carbonyl (C=O) groups is 1. The topological polar surface area (TPSA) is 53.3 Å². The lowest BCUT2D eigenvalue weighted by atomic mass is 10.1. The number of hydrogen-bond donors (Lipinski definition) is 0. The van der Waals surface area contributed by atoms with Gasteiger partial charge >= 0.3 is 5.97 Å². The second kappa shape index (κ2) is 9.09. The summed E-state index contributed by atoms with van der Waals surface area (Å²) in [6, 6.07) is 9.74. The third-order valence-corrected chi connectivity index (χ3v) is 3.67. The smallest absolute Gasteiger partial charge is 0.349 e.